The van der Waals surface area contributed by atoms with Gasteiger partial charge in [0.15, 0.2) is 5.78 Å². The largest absolute Gasteiger partial charge is 0.341 e. The van der Waals surface area contributed by atoms with Crippen LogP contribution in [-0.2, 0) is 17.3 Å². The van der Waals surface area contributed by atoms with Crippen LogP contribution in [0.5, 0.6) is 0 Å². The van der Waals surface area contributed by atoms with Gasteiger partial charge in [-0.05, 0) is 30.7 Å². The molecule has 1 amide bonds. The second-order valence-corrected chi connectivity index (χ2v) is 6.96. The summed E-state index contributed by atoms with van der Waals surface area (Å²) in [6, 6.07) is 17.6. The molecular formula is C21H20N2O2. The highest BCUT2D eigenvalue weighted by Gasteiger charge is 2.47. The van der Waals surface area contributed by atoms with Gasteiger partial charge < -0.3 is 9.47 Å². The number of carbonyl (C=O) groups excluding carboxylic acids is 2. The number of likely N-dealkylation sites (N-methyl/N-ethyl adjacent to an activating group) is 1. The molecule has 0 spiro atoms. The van der Waals surface area contributed by atoms with Crippen molar-refractivity contribution in [3.05, 3.63) is 65.9 Å². The van der Waals surface area contributed by atoms with Gasteiger partial charge in [0.05, 0.1) is 11.1 Å². The molecule has 0 saturated heterocycles. The molecule has 0 N–H and O–H groups in total. The van der Waals surface area contributed by atoms with Crippen molar-refractivity contribution in [2.75, 3.05) is 11.9 Å². The number of aromatic nitrogens is 1. The van der Waals surface area contributed by atoms with E-state index in [0.29, 0.717) is 5.69 Å². The first-order chi connectivity index (χ1) is 11.9. The SMILES string of the molecule is CN1C(=O)C(C)(CC(=O)c2cc3ccccc3n2C)c2ccccc21. The van der Waals surface area contributed by atoms with Gasteiger partial charge in [-0.25, -0.2) is 0 Å². The van der Waals surface area contributed by atoms with Gasteiger partial charge in [0.2, 0.25) is 5.91 Å². The van der Waals surface area contributed by atoms with E-state index >= 15 is 0 Å². The van der Waals surface area contributed by atoms with Crippen LogP contribution >= 0.6 is 0 Å². The smallest absolute Gasteiger partial charge is 0.237 e. The Balaban J connectivity index is 1.75. The van der Waals surface area contributed by atoms with Gasteiger partial charge in [-0.15, -0.1) is 0 Å². The second-order valence-electron chi connectivity index (χ2n) is 6.96. The van der Waals surface area contributed by atoms with E-state index in [0.717, 1.165) is 22.2 Å². The van der Waals surface area contributed by atoms with Crippen LogP contribution in [0.3, 0.4) is 0 Å². The third kappa shape index (κ3) is 2.14. The fraction of sp³-hybridized carbons (Fsp3) is 0.238. The number of hydrogen-bond acceptors (Lipinski definition) is 2. The number of benzene rings is 2. The summed E-state index contributed by atoms with van der Waals surface area (Å²) in [5.74, 6) is -0.0412. The molecule has 0 fully saturated rings. The Kier molecular flexibility index (Phi) is 3.32. The summed E-state index contributed by atoms with van der Waals surface area (Å²) < 4.78 is 1.91. The molecule has 1 aliphatic rings. The minimum absolute atomic E-state index is 0.0142. The first kappa shape index (κ1) is 15.6. The van der Waals surface area contributed by atoms with Crippen molar-refractivity contribution in [2.45, 2.75) is 18.8 Å². The van der Waals surface area contributed by atoms with E-state index in [4.69, 9.17) is 0 Å². The molecule has 2 heterocycles. The maximum atomic E-state index is 13.1. The lowest BCUT2D eigenvalue weighted by Gasteiger charge is -2.22. The summed E-state index contributed by atoms with van der Waals surface area (Å²) in [6.07, 6.45) is 0.164. The Morgan fingerprint density at radius 3 is 2.48 bits per heavy atom. The maximum absolute atomic E-state index is 13.1. The van der Waals surface area contributed by atoms with E-state index < -0.39 is 5.41 Å². The first-order valence-corrected chi connectivity index (χ1v) is 8.39. The highest BCUT2D eigenvalue weighted by molar-refractivity contribution is 6.11. The number of fused-ring (bicyclic) bond motifs is 2. The number of rotatable bonds is 3. The van der Waals surface area contributed by atoms with Crippen molar-refractivity contribution in [2.24, 2.45) is 7.05 Å². The normalized spacial score (nSPS) is 19.5. The summed E-state index contributed by atoms with van der Waals surface area (Å²) in [5.41, 5.74) is 2.65. The summed E-state index contributed by atoms with van der Waals surface area (Å²) >= 11 is 0. The highest BCUT2D eigenvalue weighted by Crippen LogP contribution is 2.43. The molecule has 126 valence electrons. The van der Waals surface area contributed by atoms with Crippen molar-refractivity contribution in [1.82, 2.24) is 4.57 Å². The van der Waals surface area contributed by atoms with Gasteiger partial charge >= 0.3 is 0 Å². The minimum atomic E-state index is -0.821. The van der Waals surface area contributed by atoms with E-state index in [1.54, 1.807) is 11.9 Å². The Bertz CT molecular complexity index is 1020. The van der Waals surface area contributed by atoms with Gasteiger partial charge in [0, 0.05) is 37.1 Å². The van der Waals surface area contributed by atoms with Crippen LogP contribution in [0, 0.1) is 0 Å². The topological polar surface area (TPSA) is 42.3 Å². The van der Waals surface area contributed by atoms with E-state index in [2.05, 4.69) is 0 Å². The number of Topliss-reactive ketones (excluding diaryl/α,β-unsaturated/α-hetero) is 1. The maximum Gasteiger partial charge on any atom is 0.237 e. The lowest BCUT2D eigenvalue weighted by atomic mass is 9.79. The van der Waals surface area contributed by atoms with Crippen molar-refractivity contribution in [3.8, 4) is 0 Å². The van der Waals surface area contributed by atoms with Gasteiger partial charge in [0.25, 0.3) is 0 Å². The molecular weight excluding hydrogens is 312 g/mol. The molecule has 0 radical (unpaired) electrons. The average Bonchev–Trinajstić information content (AvgIpc) is 3.05. The quantitative estimate of drug-likeness (QED) is 0.687. The predicted octanol–water partition coefficient (Wildman–Crippen LogP) is 3.69. The summed E-state index contributed by atoms with van der Waals surface area (Å²) in [6.45, 7) is 1.87. The number of amides is 1. The third-order valence-corrected chi connectivity index (χ3v) is 5.39. The van der Waals surface area contributed by atoms with Gasteiger partial charge in [-0.2, -0.15) is 0 Å². The second kappa shape index (κ2) is 5.31. The molecule has 1 unspecified atom stereocenters. The number of nitrogens with zero attached hydrogens (tertiary/aromatic N) is 2. The van der Waals surface area contributed by atoms with Crippen molar-refractivity contribution in [3.63, 3.8) is 0 Å². The zero-order chi connectivity index (χ0) is 17.8. The van der Waals surface area contributed by atoms with Crippen LogP contribution < -0.4 is 4.90 Å². The molecule has 0 aliphatic carbocycles. The Morgan fingerprint density at radius 2 is 1.72 bits per heavy atom. The molecule has 4 heteroatoms. The van der Waals surface area contributed by atoms with Crippen LogP contribution in [0.4, 0.5) is 5.69 Å². The molecule has 2 aromatic carbocycles. The first-order valence-electron chi connectivity index (χ1n) is 8.39. The van der Waals surface area contributed by atoms with Crippen LogP contribution in [0.2, 0.25) is 0 Å². The van der Waals surface area contributed by atoms with Crippen LogP contribution in [0.15, 0.2) is 54.6 Å². The van der Waals surface area contributed by atoms with Crippen LogP contribution in [0.25, 0.3) is 10.9 Å². The molecule has 4 nitrogen and oxygen atoms in total. The summed E-state index contributed by atoms with van der Waals surface area (Å²) in [4.78, 5) is 27.6. The number of para-hydroxylation sites is 2. The standard InChI is InChI=1S/C21H20N2O2/c1-21(15-9-5-7-11-17(15)23(3)20(21)25)13-19(24)18-12-14-8-4-6-10-16(14)22(18)2/h4-12H,13H2,1-3H3. The Hall–Kier alpha value is -2.88. The zero-order valence-electron chi connectivity index (χ0n) is 14.6. The van der Waals surface area contributed by atoms with E-state index in [1.807, 2.05) is 73.1 Å². The molecule has 4 rings (SSSR count). The van der Waals surface area contributed by atoms with Crippen LogP contribution in [-0.4, -0.2) is 23.3 Å². The van der Waals surface area contributed by atoms with Crippen molar-refractivity contribution in [1.29, 1.82) is 0 Å². The molecule has 0 bridgehead atoms. The molecule has 1 atom stereocenters. The molecule has 1 aromatic heterocycles. The molecule has 0 saturated carbocycles. The third-order valence-electron chi connectivity index (χ3n) is 5.39. The van der Waals surface area contributed by atoms with Gasteiger partial charge in [-0.3, -0.25) is 9.59 Å². The Morgan fingerprint density at radius 1 is 1.04 bits per heavy atom. The fourth-order valence-electron chi connectivity index (χ4n) is 3.97. The predicted molar refractivity (Wildman–Crippen MR) is 99.1 cm³/mol. The fourth-order valence-corrected chi connectivity index (χ4v) is 3.97. The molecule has 3 aromatic rings. The minimum Gasteiger partial charge on any atom is -0.341 e. The number of ketones is 1. The van der Waals surface area contributed by atoms with E-state index in [1.165, 1.54) is 0 Å². The average molecular weight is 332 g/mol. The number of aryl methyl sites for hydroxylation is 1. The Labute approximate surface area is 146 Å². The molecule has 25 heavy (non-hydrogen) atoms. The zero-order valence-corrected chi connectivity index (χ0v) is 14.6. The van der Waals surface area contributed by atoms with E-state index in [-0.39, 0.29) is 18.1 Å². The lowest BCUT2D eigenvalue weighted by molar-refractivity contribution is -0.122. The highest BCUT2D eigenvalue weighted by atomic mass is 16.2. The van der Waals surface area contributed by atoms with Crippen LogP contribution in [0.1, 0.15) is 29.4 Å². The number of carbonyl (C=O) groups is 2. The van der Waals surface area contributed by atoms with Gasteiger partial charge in [0.1, 0.15) is 0 Å². The summed E-state index contributed by atoms with van der Waals surface area (Å²) in [7, 11) is 3.67. The van der Waals surface area contributed by atoms with Crippen molar-refractivity contribution < 1.29 is 9.59 Å². The van der Waals surface area contributed by atoms with Gasteiger partial charge in [-0.1, -0.05) is 36.4 Å². The summed E-state index contributed by atoms with van der Waals surface area (Å²) in [5, 5.41) is 1.04. The number of hydrogen-bond donors (Lipinski definition) is 0. The lowest BCUT2D eigenvalue weighted by Crippen LogP contribution is -2.38. The van der Waals surface area contributed by atoms with E-state index in [9.17, 15) is 9.59 Å². The number of anilines is 1. The monoisotopic (exact) mass is 332 g/mol. The molecule has 1 aliphatic heterocycles. The van der Waals surface area contributed by atoms with Crippen molar-refractivity contribution >= 4 is 28.3 Å².